The van der Waals surface area contributed by atoms with Crippen LogP contribution in [0.5, 0.6) is 0 Å². The van der Waals surface area contributed by atoms with E-state index in [1.165, 1.54) is 35.9 Å². The van der Waals surface area contributed by atoms with Crippen molar-refractivity contribution in [2.45, 2.75) is 53.4 Å². The molecule has 0 aromatic heterocycles. The summed E-state index contributed by atoms with van der Waals surface area (Å²) in [6.07, 6.45) is 5.07. The first-order valence-corrected chi connectivity index (χ1v) is 7.12. The van der Waals surface area contributed by atoms with Crippen LogP contribution in [0.15, 0.2) is 21.9 Å². The molecule has 0 heterocycles. The van der Waals surface area contributed by atoms with Crippen LogP contribution in [-0.4, -0.2) is 10.2 Å². The predicted molar refractivity (Wildman–Crippen MR) is 68.6 cm³/mol. The summed E-state index contributed by atoms with van der Waals surface area (Å²) in [5, 5.41) is 1.80. The summed E-state index contributed by atoms with van der Waals surface area (Å²) < 4.78 is 0. The van der Waals surface area contributed by atoms with Crippen LogP contribution in [0.25, 0.3) is 0 Å². The number of allylic oxidation sites excluding steroid dienone is 4. The summed E-state index contributed by atoms with van der Waals surface area (Å²) in [6, 6.07) is 0. The maximum atomic E-state index is 2.34. The zero-order valence-electron chi connectivity index (χ0n) is 11.7. The topological polar surface area (TPSA) is 0 Å². The Labute approximate surface area is 137 Å². The Balaban J connectivity index is -0.000000653. The van der Waals surface area contributed by atoms with Gasteiger partial charge in [0.1, 0.15) is 0 Å². The molecular formula is C13H24Cl2SiTi. The molecule has 1 atom stereocenters. The summed E-state index contributed by atoms with van der Waals surface area (Å²) >= 11 is 0. The smallest absolute Gasteiger partial charge is 1.00 e. The third-order valence-corrected chi connectivity index (χ3v) is 4.97. The fourth-order valence-electron chi connectivity index (χ4n) is 3.06. The first kappa shape index (κ1) is 23.1. The first-order valence-electron chi connectivity index (χ1n) is 6.12. The van der Waals surface area contributed by atoms with E-state index in [1.807, 2.05) is 0 Å². The number of hydrogen-bond acceptors (Lipinski definition) is 0. The van der Waals surface area contributed by atoms with Gasteiger partial charge in [-0.1, -0.05) is 44.0 Å². The molecule has 0 N–H and O–H groups in total. The van der Waals surface area contributed by atoms with E-state index in [-0.39, 0.29) is 46.5 Å². The normalized spacial score (nSPS) is 18.7. The summed E-state index contributed by atoms with van der Waals surface area (Å²) in [5.41, 5.74) is 5.20. The van der Waals surface area contributed by atoms with Crippen molar-refractivity contribution in [1.82, 2.24) is 0 Å². The molecule has 0 aromatic carbocycles. The predicted octanol–water partition coefficient (Wildman–Crippen LogP) is -2.82. The fourth-order valence-corrected chi connectivity index (χ4v) is 4.47. The van der Waals surface area contributed by atoms with Crippen molar-refractivity contribution in [2.24, 2.45) is 5.92 Å². The van der Waals surface area contributed by atoms with Gasteiger partial charge in [0.25, 0.3) is 0 Å². The Kier molecular flexibility index (Phi) is 14.8. The van der Waals surface area contributed by atoms with E-state index < -0.39 is 0 Å². The molecule has 0 aliphatic heterocycles. The largest absolute Gasteiger partial charge is 2.00 e. The standard InChI is InChI=1S/C13H24Si.2ClH.Ti/c1-5-9-10(6-2)12(8-4)13(14)11(9)7-3;;;/h11H,5-8H2,1-4,14H3;2*1H;/q;;;+2/p-2. The molecule has 0 nitrogen and oxygen atoms in total. The van der Waals surface area contributed by atoms with Crippen molar-refractivity contribution < 1.29 is 46.5 Å². The van der Waals surface area contributed by atoms with Gasteiger partial charge in [-0.2, -0.15) is 0 Å². The van der Waals surface area contributed by atoms with Crippen molar-refractivity contribution in [1.29, 1.82) is 0 Å². The third-order valence-electron chi connectivity index (χ3n) is 3.67. The van der Waals surface area contributed by atoms with Crippen molar-refractivity contribution in [3.63, 3.8) is 0 Å². The molecule has 17 heavy (non-hydrogen) atoms. The molecule has 1 aliphatic rings. The van der Waals surface area contributed by atoms with E-state index in [1.54, 1.807) is 21.9 Å². The molecule has 98 valence electrons. The molecular weight excluding hydrogens is 303 g/mol. The molecule has 1 rings (SSSR count). The second kappa shape index (κ2) is 10.9. The van der Waals surface area contributed by atoms with Crippen LogP contribution >= 0.6 is 0 Å². The number of rotatable bonds is 4. The Bertz CT molecular complexity index is 285. The van der Waals surface area contributed by atoms with E-state index >= 15 is 0 Å². The Morgan fingerprint density at radius 1 is 0.882 bits per heavy atom. The minimum absolute atomic E-state index is 0. The van der Waals surface area contributed by atoms with E-state index in [2.05, 4.69) is 27.7 Å². The molecule has 0 spiro atoms. The van der Waals surface area contributed by atoms with Gasteiger partial charge in [-0.3, -0.25) is 0 Å². The van der Waals surface area contributed by atoms with Crippen LogP contribution in [0, 0.1) is 5.92 Å². The third kappa shape index (κ3) is 4.54. The summed E-state index contributed by atoms with van der Waals surface area (Å²) in [6.45, 7) is 9.28. The first-order chi connectivity index (χ1) is 6.71. The Hall–Kier alpha value is 0.991. The van der Waals surface area contributed by atoms with Gasteiger partial charge in [0.15, 0.2) is 0 Å². The summed E-state index contributed by atoms with van der Waals surface area (Å²) in [5.74, 6) is 0.830. The Morgan fingerprint density at radius 2 is 1.35 bits per heavy atom. The van der Waals surface area contributed by atoms with E-state index in [9.17, 15) is 0 Å². The summed E-state index contributed by atoms with van der Waals surface area (Å²) in [4.78, 5) is 0. The number of halogens is 2. The maximum Gasteiger partial charge on any atom is 2.00 e. The van der Waals surface area contributed by atoms with Crippen LogP contribution in [0.2, 0.25) is 0 Å². The van der Waals surface area contributed by atoms with Crippen molar-refractivity contribution in [2.75, 3.05) is 0 Å². The van der Waals surface area contributed by atoms with Crippen LogP contribution in [0.1, 0.15) is 53.4 Å². The average molecular weight is 327 g/mol. The van der Waals surface area contributed by atoms with Gasteiger partial charge >= 0.3 is 21.7 Å². The summed E-state index contributed by atoms with van der Waals surface area (Å²) in [7, 11) is 1.26. The molecule has 0 amide bonds. The molecule has 0 fully saturated rings. The van der Waals surface area contributed by atoms with Gasteiger partial charge in [-0.05, 0) is 37.2 Å². The van der Waals surface area contributed by atoms with Crippen molar-refractivity contribution >= 4 is 10.2 Å². The molecule has 1 aliphatic carbocycles. The molecule has 1 unspecified atom stereocenters. The van der Waals surface area contributed by atoms with Crippen molar-refractivity contribution in [3.05, 3.63) is 21.9 Å². The van der Waals surface area contributed by atoms with Gasteiger partial charge in [0.2, 0.25) is 0 Å². The minimum atomic E-state index is 0. The molecule has 0 radical (unpaired) electrons. The van der Waals surface area contributed by atoms with Gasteiger partial charge in [0, 0.05) is 10.2 Å². The fraction of sp³-hybridized carbons (Fsp3) is 0.692. The number of hydrogen-bond donors (Lipinski definition) is 0. The molecule has 0 aromatic rings. The second-order valence-corrected chi connectivity index (χ2v) is 5.26. The minimum Gasteiger partial charge on any atom is -1.00 e. The zero-order chi connectivity index (χ0) is 10.7. The molecule has 0 bridgehead atoms. The van der Waals surface area contributed by atoms with Gasteiger partial charge < -0.3 is 24.8 Å². The van der Waals surface area contributed by atoms with Crippen LogP contribution in [0.3, 0.4) is 0 Å². The van der Waals surface area contributed by atoms with Crippen LogP contribution in [-0.2, 0) is 21.7 Å². The van der Waals surface area contributed by atoms with E-state index in [0.717, 1.165) is 5.92 Å². The quantitative estimate of drug-likeness (QED) is 0.489. The van der Waals surface area contributed by atoms with Crippen molar-refractivity contribution in [3.8, 4) is 0 Å². The van der Waals surface area contributed by atoms with Crippen LogP contribution in [0.4, 0.5) is 0 Å². The monoisotopic (exact) mass is 326 g/mol. The average Bonchev–Trinajstić information content (AvgIpc) is 2.48. The van der Waals surface area contributed by atoms with Gasteiger partial charge in [0.05, 0.1) is 0 Å². The SMILES string of the molecule is CCC1=C([SiH3])C(CC)C(CC)=C1CC.[Cl-].[Cl-].[Ti+2]. The van der Waals surface area contributed by atoms with E-state index in [0.29, 0.717) is 0 Å². The molecule has 0 saturated heterocycles. The van der Waals surface area contributed by atoms with E-state index in [4.69, 9.17) is 0 Å². The van der Waals surface area contributed by atoms with Gasteiger partial charge in [-0.25, -0.2) is 0 Å². The second-order valence-electron chi connectivity index (χ2n) is 4.19. The molecule has 0 saturated carbocycles. The zero-order valence-corrected chi connectivity index (χ0v) is 16.7. The van der Waals surface area contributed by atoms with Gasteiger partial charge in [-0.15, -0.1) is 0 Å². The Morgan fingerprint density at radius 3 is 1.65 bits per heavy atom. The van der Waals surface area contributed by atoms with Crippen LogP contribution < -0.4 is 24.8 Å². The maximum absolute atomic E-state index is 2.34. The molecule has 4 heteroatoms.